The monoisotopic (exact) mass is 461 g/mol. The van der Waals surface area contributed by atoms with Gasteiger partial charge in [-0.25, -0.2) is 9.48 Å². The number of benzene rings is 1. The maximum absolute atomic E-state index is 13.5. The first-order valence-electron chi connectivity index (χ1n) is 11.8. The van der Waals surface area contributed by atoms with E-state index in [1.165, 1.54) is 10.9 Å². The molecule has 4 rings (SSSR count). The smallest absolute Gasteiger partial charge is 0.341 e. The van der Waals surface area contributed by atoms with Crippen molar-refractivity contribution in [2.24, 2.45) is 11.8 Å². The maximum Gasteiger partial charge on any atom is 0.341 e. The molecule has 2 aromatic heterocycles. The molecule has 3 aromatic rings. The minimum Gasteiger partial charge on any atom is -0.477 e. The Kier molecular flexibility index (Phi) is 6.72. The summed E-state index contributed by atoms with van der Waals surface area (Å²) in [6, 6.07) is 10.9. The lowest BCUT2D eigenvalue weighted by atomic mass is 9.82. The molecule has 0 spiro atoms. The Morgan fingerprint density at radius 3 is 2.38 bits per heavy atom. The van der Waals surface area contributed by atoms with E-state index in [4.69, 9.17) is 4.42 Å². The SMILES string of the molecule is C=C(c1ccc(-n2cc(C(=O)O)c(N(C(=O)[C@H]3CC[C@H](C)CC3)C(C)C)n2)cc1)c1ccco1. The van der Waals surface area contributed by atoms with E-state index in [1.807, 2.05) is 50.2 Å². The molecule has 178 valence electrons. The van der Waals surface area contributed by atoms with Gasteiger partial charge in [0.25, 0.3) is 0 Å². The molecule has 1 fully saturated rings. The van der Waals surface area contributed by atoms with Crippen molar-refractivity contribution in [2.75, 3.05) is 4.90 Å². The highest BCUT2D eigenvalue weighted by molar-refractivity contribution is 6.01. The zero-order chi connectivity index (χ0) is 24.4. The van der Waals surface area contributed by atoms with Crippen molar-refractivity contribution >= 4 is 23.3 Å². The number of furan rings is 1. The van der Waals surface area contributed by atoms with Crippen LogP contribution in [0.15, 0.2) is 59.9 Å². The number of anilines is 1. The van der Waals surface area contributed by atoms with E-state index >= 15 is 0 Å². The summed E-state index contributed by atoms with van der Waals surface area (Å²) in [5, 5.41) is 14.5. The van der Waals surface area contributed by atoms with Gasteiger partial charge in [0, 0.05) is 23.7 Å². The molecule has 7 heteroatoms. The third-order valence-electron chi connectivity index (χ3n) is 6.57. The highest BCUT2D eigenvalue weighted by atomic mass is 16.4. The molecule has 0 aliphatic heterocycles. The Morgan fingerprint density at radius 1 is 1.15 bits per heavy atom. The molecule has 1 aliphatic carbocycles. The Labute approximate surface area is 199 Å². The van der Waals surface area contributed by atoms with Crippen LogP contribution in [0.2, 0.25) is 0 Å². The third kappa shape index (κ3) is 4.69. The number of carbonyl (C=O) groups is 2. The quantitative estimate of drug-likeness (QED) is 0.481. The van der Waals surface area contributed by atoms with Crippen LogP contribution in [0.25, 0.3) is 11.3 Å². The van der Waals surface area contributed by atoms with Crippen LogP contribution in [0, 0.1) is 11.8 Å². The van der Waals surface area contributed by atoms with Gasteiger partial charge < -0.3 is 9.52 Å². The third-order valence-corrected chi connectivity index (χ3v) is 6.57. The first-order chi connectivity index (χ1) is 16.3. The predicted molar refractivity (Wildman–Crippen MR) is 131 cm³/mol. The molecule has 1 N–H and O–H groups in total. The van der Waals surface area contributed by atoms with E-state index in [2.05, 4.69) is 18.6 Å². The fourth-order valence-electron chi connectivity index (χ4n) is 4.54. The second-order valence-electron chi connectivity index (χ2n) is 9.38. The topological polar surface area (TPSA) is 88.6 Å². The van der Waals surface area contributed by atoms with Crippen LogP contribution in [0.4, 0.5) is 5.82 Å². The Hall–Kier alpha value is -3.61. The highest BCUT2D eigenvalue weighted by Crippen LogP contribution is 2.33. The van der Waals surface area contributed by atoms with Gasteiger partial charge in [-0.1, -0.05) is 25.6 Å². The average molecular weight is 462 g/mol. The average Bonchev–Trinajstić information content (AvgIpc) is 3.50. The second-order valence-corrected chi connectivity index (χ2v) is 9.38. The van der Waals surface area contributed by atoms with Crippen molar-refractivity contribution < 1.29 is 19.1 Å². The lowest BCUT2D eigenvalue weighted by Crippen LogP contribution is -2.43. The summed E-state index contributed by atoms with van der Waals surface area (Å²) in [6.45, 7) is 10.1. The molecule has 0 saturated heterocycles. The van der Waals surface area contributed by atoms with E-state index in [-0.39, 0.29) is 29.2 Å². The summed E-state index contributed by atoms with van der Waals surface area (Å²) in [6.07, 6.45) is 6.75. The highest BCUT2D eigenvalue weighted by Gasteiger charge is 2.34. The molecule has 1 aromatic carbocycles. The Bertz CT molecular complexity index is 1170. The molecule has 34 heavy (non-hydrogen) atoms. The molecule has 1 amide bonds. The van der Waals surface area contributed by atoms with Crippen LogP contribution >= 0.6 is 0 Å². The zero-order valence-corrected chi connectivity index (χ0v) is 19.9. The number of carboxylic acid groups (broad SMARTS) is 1. The molecule has 7 nitrogen and oxygen atoms in total. The molecule has 0 atom stereocenters. The number of carboxylic acids is 1. The largest absolute Gasteiger partial charge is 0.477 e. The van der Waals surface area contributed by atoms with Crippen molar-refractivity contribution in [3.8, 4) is 5.69 Å². The second kappa shape index (κ2) is 9.71. The molecule has 1 saturated carbocycles. The first-order valence-corrected chi connectivity index (χ1v) is 11.8. The van der Waals surface area contributed by atoms with Crippen LogP contribution in [-0.4, -0.2) is 32.8 Å². The molecule has 0 bridgehead atoms. The first kappa shape index (κ1) is 23.5. The van der Waals surface area contributed by atoms with E-state index in [0.29, 0.717) is 17.4 Å². The van der Waals surface area contributed by atoms with E-state index < -0.39 is 5.97 Å². The maximum atomic E-state index is 13.5. The van der Waals surface area contributed by atoms with Crippen LogP contribution in [-0.2, 0) is 4.79 Å². The van der Waals surface area contributed by atoms with E-state index in [0.717, 1.165) is 36.8 Å². The van der Waals surface area contributed by atoms with Gasteiger partial charge in [-0.05, 0) is 75.3 Å². The number of hydrogen-bond donors (Lipinski definition) is 1. The number of rotatable bonds is 7. The summed E-state index contributed by atoms with van der Waals surface area (Å²) in [4.78, 5) is 27.1. The van der Waals surface area contributed by atoms with Crippen molar-refractivity contribution in [2.45, 2.75) is 52.5 Å². The fourth-order valence-corrected chi connectivity index (χ4v) is 4.54. The van der Waals surface area contributed by atoms with Gasteiger partial charge in [0.05, 0.1) is 12.0 Å². The van der Waals surface area contributed by atoms with Crippen LogP contribution in [0.5, 0.6) is 0 Å². The summed E-state index contributed by atoms with van der Waals surface area (Å²) >= 11 is 0. The number of aromatic carboxylic acids is 1. The summed E-state index contributed by atoms with van der Waals surface area (Å²) in [5.41, 5.74) is 2.33. The van der Waals surface area contributed by atoms with E-state index in [1.54, 1.807) is 11.2 Å². The molecular formula is C27H31N3O4. The van der Waals surface area contributed by atoms with Gasteiger partial charge in [0.1, 0.15) is 11.3 Å². The number of amides is 1. The minimum absolute atomic E-state index is 0.00954. The van der Waals surface area contributed by atoms with Gasteiger partial charge in [-0.2, -0.15) is 0 Å². The van der Waals surface area contributed by atoms with Gasteiger partial charge in [0.15, 0.2) is 5.82 Å². The molecular weight excluding hydrogens is 430 g/mol. The Morgan fingerprint density at radius 2 is 1.82 bits per heavy atom. The van der Waals surface area contributed by atoms with Crippen LogP contribution < -0.4 is 4.90 Å². The normalized spacial score (nSPS) is 18.1. The van der Waals surface area contributed by atoms with Gasteiger partial charge >= 0.3 is 5.97 Å². The van der Waals surface area contributed by atoms with Crippen molar-refractivity contribution in [3.63, 3.8) is 0 Å². The molecule has 0 radical (unpaired) electrons. The van der Waals surface area contributed by atoms with Gasteiger partial charge in [-0.15, -0.1) is 5.10 Å². The zero-order valence-electron chi connectivity index (χ0n) is 19.9. The number of nitrogens with zero attached hydrogens (tertiary/aromatic N) is 3. The molecule has 1 aliphatic rings. The fraction of sp³-hybridized carbons (Fsp3) is 0.370. The predicted octanol–water partition coefficient (Wildman–Crippen LogP) is 5.79. The van der Waals surface area contributed by atoms with Crippen molar-refractivity contribution in [1.29, 1.82) is 0 Å². The van der Waals surface area contributed by atoms with Crippen molar-refractivity contribution in [3.05, 3.63) is 72.3 Å². The number of aromatic nitrogens is 2. The summed E-state index contributed by atoms with van der Waals surface area (Å²) < 4.78 is 6.93. The minimum atomic E-state index is -1.11. The van der Waals surface area contributed by atoms with Gasteiger partial charge in [0.2, 0.25) is 5.91 Å². The molecule has 0 unspecified atom stereocenters. The summed E-state index contributed by atoms with van der Waals surface area (Å²) in [7, 11) is 0. The summed E-state index contributed by atoms with van der Waals surface area (Å²) in [5.74, 6) is 0.245. The standard InChI is InChI=1S/C27H31N3O4/c1-17(2)30(26(31)21-9-7-18(3)8-10-21)25-23(27(32)33)16-29(28-25)22-13-11-20(12-14-22)19(4)24-6-5-15-34-24/h5-6,11-18,21H,4,7-10H2,1-3H3,(H,32,33)/t18-,21-. The van der Waals surface area contributed by atoms with Gasteiger partial charge in [-0.3, -0.25) is 9.69 Å². The van der Waals surface area contributed by atoms with Crippen LogP contribution in [0.1, 0.15) is 68.1 Å². The lowest BCUT2D eigenvalue weighted by Gasteiger charge is -2.32. The molecule has 2 heterocycles. The van der Waals surface area contributed by atoms with E-state index in [9.17, 15) is 14.7 Å². The number of carbonyl (C=O) groups excluding carboxylic acids is 1. The lowest BCUT2D eigenvalue weighted by molar-refractivity contribution is -0.123. The Balaban J connectivity index is 1.65. The van der Waals surface area contributed by atoms with Crippen molar-refractivity contribution in [1.82, 2.24) is 9.78 Å². The van der Waals surface area contributed by atoms with Crippen LogP contribution in [0.3, 0.4) is 0 Å². The number of hydrogen-bond acceptors (Lipinski definition) is 4.